The molecule has 0 spiro atoms. The molecule has 0 amide bonds. The first-order valence-electron chi connectivity index (χ1n) is 6.60. The minimum Gasteiger partial charge on any atom is -0.393 e. The van der Waals surface area contributed by atoms with Gasteiger partial charge in [0.25, 0.3) is 0 Å². The van der Waals surface area contributed by atoms with Crippen molar-refractivity contribution in [3.8, 4) is 0 Å². The van der Waals surface area contributed by atoms with E-state index >= 15 is 0 Å². The van der Waals surface area contributed by atoms with Crippen molar-refractivity contribution in [2.75, 3.05) is 13.1 Å². The zero-order valence-electron chi connectivity index (χ0n) is 10.8. The molecule has 4 heteroatoms. The smallest absolute Gasteiger partial charge is 0.0948 e. The molecule has 2 atom stereocenters. The summed E-state index contributed by atoms with van der Waals surface area (Å²) in [6.07, 6.45) is 5.79. The Kier molecular flexibility index (Phi) is 4.18. The highest BCUT2D eigenvalue weighted by molar-refractivity contribution is 4.99. The first kappa shape index (κ1) is 12.6. The van der Waals surface area contributed by atoms with Crippen molar-refractivity contribution in [3.05, 3.63) is 18.2 Å². The summed E-state index contributed by atoms with van der Waals surface area (Å²) in [6, 6.07) is 0. The Hall–Kier alpha value is -0.870. The van der Waals surface area contributed by atoms with Gasteiger partial charge in [0.2, 0.25) is 0 Å². The Labute approximate surface area is 103 Å². The molecule has 0 radical (unpaired) electrons. The fraction of sp³-hybridized carbons (Fsp3) is 0.769. The number of rotatable bonds is 4. The van der Waals surface area contributed by atoms with Crippen LogP contribution in [0.3, 0.4) is 0 Å². The number of aliphatic hydroxyl groups is 1. The van der Waals surface area contributed by atoms with Crippen LogP contribution in [-0.4, -0.2) is 38.8 Å². The highest BCUT2D eigenvalue weighted by Gasteiger charge is 2.24. The van der Waals surface area contributed by atoms with Gasteiger partial charge in [-0.2, -0.15) is 0 Å². The zero-order valence-corrected chi connectivity index (χ0v) is 10.8. The predicted octanol–water partition coefficient (Wildman–Crippen LogP) is 1.50. The van der Waals surface area contributed by atoms with Gasteiger partial charge in [0.15, 0.2) is 0 Å². The summed E-state index contributed by atoms with van der Waals surface area (Å²) in [6.45, 7) is 8.28. The van der Waals surface area contributed by atoms with E-state index in [0.717, 1.165) is 39.0 Å². The number of aryl methyl sites for hydroxylation is 1. The second-order valence-corrected chi connectivity index (χ2v) is 5.15. The SMILES string of the molecule is CCCn1cncc1CN1CCC(O)C(C)C1. The average molecular weight is 237 g/mol. The van der Waals surface area contributed by atoms with E-state index < -0.39 is 0 Å². The molecular weight excluding hydrogens is 214 g/mol. The number of hydrogen-bond acceptors (Lipinski definition) is 3. The van der Waals surface area contributed by atoms with Gasteiger partial charge in [-0.1, -0.05) is 13.8 Å². The molecule has 4 nitrogen and oxygen atoms in total. The second kappa shape index (κ2) is 5.65. The Balaban J connectivity index is 1.94. The van der Waals surface area contributed by atoms with Gasteiger partial charge >= 0.3 is 0 Å². The summed E-state index contributed by atoms with van der Waals surface area (Å²) < 4.78 is 2.23. The third-order valence-electron chi connectivity index (χ3n) is 3.59. The van der Waals surface area contributed by atoms with E-state index in [1.165, 1.54) is 5.69 Å². The van der Waals surface area contributed by atoms with Crippen molar-refractivity contribution in [1.29, 1.82) is 0 Å². The minimum absolute atomic E-state index is 0.119. The Morgan fingerprint density at radius 3 is 3.06 bits per heavy atom. The summed E-state index contributed by atoms with van der Waals surface area (Å²) in [5.41, 5.74) is 1.29. The first-order chi connectivity index (χ1) is 8.20. The van der Waals surface area contributed by atoms with Crippen LogP contribution in [0.25, 0.3) is 0 Å². The Morgan fingerprint density at radius 2 is 2.35 bits per heavy atom. The largest absolute Gasteiger partial charge is 0.393 e. The summed E-state index contributed by atoms with van der Waals surface area (Å²) in [4.78, 5) is 6.64. The summed E-state index contributed by atoms with van der Waals surface area (Å²) in [7, 11) is 0. The van der Waals surface area contributed by atoms with Crippen molar-refractivity contribution in [2.45, 2.75) is 45.9 Å². The normalized spacial score (nSPS) is 26.3. The van der Waals surface area contributed by atoms with E-state index in [0.29, 0.717) is 5.92 Å². The van der Waals surface area contributed by atoms with Crippen LogP contribution in [0.15, 0.2) is 12.5 Å². The van der Waals surface area contributed by atoms with Crippen molar-refractivity contribution in [2.24, 2.45) is 5.92 Å². The fourth-order valence-corrected chi connectivity index (χ4v) is 2.51. The van der Waals surface area contributed by atoms with Gasteiger partial charge in [0.1, 0.15) is 0 Å². The maximum Gasteiger partial charge on any atom is 0.0948 e. The molecule has 1 aliphatic heterocycles. The molecule has 1 aliphatic rings. The molecular formula is C13H23N3O. The maximum atomic E-state index is 9.72. The fourth-order valence-electron chi connectivity index (χ4n) is 2.51. The molecule has 0 saturated carbocycles. The molecule has 1 aromatic rings. The van der Waals surface area contributed by atoms with E-state index in [1.54, 1.807) is 0 Å². The molecule has 0 bridgehead atoms. The molecule has 2 heterocycles. The lowest BCUT2D eigenvalue weighted by Gasteiger charge is -2.34. The van der Waals surface area contributed by atoms with Gasteiger partial charge in [-0.05, 0) is 18.8 Å². The standard InChI is InChI=1S/C13H23N3O/c1-3-5-16-10-14-7-12(16)9-15-6-4-13(17)11(2)8-15/h7,10-11,13,17H,3-6,8-9H2,1-2H3. The van der Waals surface area contributed by atoms with Crippen molar-refractivity contribution >= 4 is 0 Å². The summed E-state index contributed by atoms with van der Waals surface area (Å²) in [5.74, 6) is 0.381. The van der Waals surface area contributed by atoms with E-state index in [-0.39, 0.29) is 6.10 Å². The lowest BCUT2D eigenvalue weighted by atomic mass is 9.97. The summed E-state index contributed by atoms with van der Waals surface area (Å²) >= 11 is 0. The zero-order chi connectivity index (χ0) is 12.3. The molecule has 2 rings (SSSR count). The molecule has 0 aliphatic carbocycles. The minimum atomic E-state index is -0.119. The van der Waals surface area contributed by atoms with Crippen LogP contribution in [0.1, 0.15) is 32.4 Å². The number of likely N-dealkylation sites (tertiary alicyclic amines) is 1. The van der Waals surface area contributed by atoms with E-state index in [1.807, 2.05) is 12.5 Å². The monoisotopic (exact) mass is 237 g/mol. The van der Waals surface area contributed by atoms with Crippen LogP contribution in [0.4, 0.5) is 0 Å². The number of aliphatic hydroxyl groups excluding tert-OH is 1. The average Bonchev–Trinajstić information content (AvgIpc) is 2.72. The lowest BCUT2D eigenvalue weighted by Crippen LogP contribution is -2.41. The molecule has 1 aromatic heterocycles. The molecule has 96 valence electrons. The van der Waals surface area contributed by atoms with E-state index in [9.17, 15) is 5.11 Å². The lowest BCUT2D eigenvalue weighted by molar-refractivity contribution is 0.0312. The first-order valence-corrected chi connectivity index (χ1v) is 6.60. The van der Waals surface area contributed by atoms with E-state index in [4.69, 9.17) is 0 Å². The van der Waals surface area contributed by atoms with Crippen molar-refractivity contribution < 1.29 is 5.11 Å². The highest BCUT2D eigenvalue weighted by Crippen LogP contribution is 2.18. The molecule has 17 heavy (non-hydrogen) atoms. The Morgan fingerprint density at radius 1 is 1.53 bits per heavy atom. The van der Waals surface area contributed by atoms with Crippen molar-refractivity contribution in [1.82, 2.24) is 14.5 Å². The van der Waals surface area contributed by atoms with E-state index in [2.05, 4.69) is 28.3 Å². The number of imidazole rings is 1. The van der Waals surface area contributed by atoms with Crippen molar-refractivity contribution in [3.63, 3.8) is 0 Å². The topological polar surface area (TPSA) is 41.3 Å². The third-order valence-corrected chi connectivity index (χ3v) is 3.59. The molecule has 0 aromatic carbocycles. The molecule has 1 saturated heterocycles. The number of piperidine rings is 1. The van der Waals surface area contributed by atoms with Crippen LogP contribution in [0.5, 0.6) is 0 Å². The maximum absolute atomic E-state index is 9.72. The van der Waals surface area contributed by atoms with Gasteiger partial charge in [0.05, 0.1) is 18.1 Å². The molecule has 1 fully saturated rings. The van der Waals surface area contributed by atoms with Crippen LogP contribution in [0.2, 0.25) is 0 Å². The number of aromatic nitrogens is 2. The van der Waals surface area contributed by atoms with Gasteiger partial charge < -0.3 is 9.67 Å². The van der Waals surface area contributed by atoms with Crippen LogP contribution in [-0.2, 0) is 13.1 Å². The van der Waals surface area contributed by atoms with Crippen LogP contribution < -0.4 is 0 Å². The molecule has 2 unspecified atom stereocenters. The predicted molar refractivity (Wildman–Crippen MR) is 67.6 cm³/mol. The van der Waals surface area contributed by atoms with Gasteiger partial charge in [-0.15, -0.1) is 0 Å². The number of hydrogen-bond donors (Lipinski definition) is 1. The van der Waals surface area contributed by atoms with Gasteiger partial charge in [0, 0.05) is 32.4 Å². The second-order valence-electron chi connectivity index (χ2n) is 5.15. The molecule has 1 N–H and O–H groups in total. The highest BCUT2D eigenvalue weighted by atomic mass is 16.3. The van der Waals surface area contributed by atoms with Gasteiger partial charge in [-0.3, -0.25) is 4.90 Å². The third kappa shape index (κ3) is 3.07. The Bertz CT molecular complexity index is 350. The van der Waals surface area contributed by atoms with Crippen LogP contribution in [0, 0.1) is 5.92 Å². The van der Waals surface area contributed by atoms with Crippen LogP contribution >= 0.6 is 0 Å². The quantitative estimate of drug-likeness (QED) is 0.862. The summed E-state index contributed by atoms with van der Waals surface area (Å²) in [5, 5.41) is 9.72. The number of nitrogens with zero attached hydrogens (tertiary/aromatic N) is 3. The van der Waals surface area contributed by atoms with Gasteiger partial charge in [-0.25, -0.2) is 4.98 Å².